The normalized spacial score (nSPS) is 11.1. The lowest BCUT2D eigenvalue weighted by atomic mass is 10.1. The Bertz CT molecular complexity index is 255. The predicted molar refractivity (Wildman–Crippen MR) is 66.6 cm³/mol. The number of hydrogen-bond acceptors (Lipinski definition) is 5. The molecule has 0 unspecified atom stereocenters. The molecule has 0 aliphatic heterocycles. The number of rotatable bonds is 8. The Hall–Kier alpha value is -1.10. The van der Waals surface area contributed by atoms with Crippen molar-refractivity contribution in [1.29, 1.82) is 0 Å². The molecule has 0 aliphatic rings. The molecule has 0 spiro atoms. The Morgan fingerprint density at radius 1 is 0.944 bits per heavy atom. The summed E-state index contributed by atoms with van der Waals surface area (Å²) in [4.78, 5) is 31.8. The molecule has 0 aromatic carbocycles. The van der Waals surface area contributed by atoms with Crippen molar-refractivity contribution in [2.24, 2.45) is 0 Å². The van der Waals surface area contributed by atoms with Gasteiger partial charge in [-0.2, -0.15) is 4.89 Å². The summed E-state index contributed by atoms with van der Waals surface area (Å²) in [5.41, 5.74) is -0.487. The van der Waals surface area contributed by atoms with Crippen LogP contribution in [0.25, 0.3) is 0 Å². The third-order valence-corrected chi connectivity index (χ3v) is 1.95. The van der Waals surface area contributed by atoms with Gasteiger partial charge in [-0.25, -0.2) is 4.79 Å². The quantitative estimate of drug-likeness (QED) is 0.290. The molecule has 0 rings (SSSR count). The summed E-state index contributed by atoms with van der Waals surface area (Å²) in [7, 11) is 0. The second-order valence-electron chi connectivity index (χ2n) is 5.02. The lowest BCUT2D eigenvalue weighted by Crippen LogP contribution is -2.21. The second kappa shape index (κ2) is 8.91. The molecule has 0 aromatic heterocycles. The highest BCUT2D eigenvalue weighted by Gasteiger charge is 2.14. The van der Waals surface area contributed by atoms with Gasteiger partial charge in [0.15, 0.2) is 0 Å². The van der Waals surface area contributed by atoms with E-state index in [9.17, 15) is 9.59 Å². The molecule has 0 heterocycles. The Morgan fingerprint density at radius 3 is 2.00 bits per heavy atom. The summed E-state index contributed by atoms with van der Waals surface area (Å²) in [5, 5.41) is 0. The number of esters is 1. The first-order chi connectivity index (χ1) is 8.35. The molecule has 0 bridgehead atoms. The third-order valence-electron chi connectivity index (χ3n) is 1.95. The van der Waals surface area contributed by atoms with Crippen LogP contribution in [0.2, 0.25) is 0 Å². The van der Waals surface area contributed by atoms with Crippen LogP contribution < -0.4 is 0 Å². The Balaban J connectivity index is 3.44. The Morgan fingerprint density at radius 2 is 1.50 bits per heavy atom. The van der Waals surface area contributed by atoms with Crippen LogP contribution in [0.4, 0.5) is 0 Å². The topological polar surface area (TPSA) is 61.8 Å². The fourth-order valence-corrected chi connectivity index (χ4v) is 1.16. The van der Waals surface area contributed by atoms with Crippen molar-refractivity contribution in [3.63, 3.8) is 0 Å². The molecule has 5 nitrogen and oxygen atoms in total. The molecule has 0 aliphatic carbocycles. The van der Waals surface area contributed by atoms with Gasteiger partial charge in [0.05, 0.1) is 6.61 Å². The van der Waals surface area contributed by atoms with Gasteiger partial charge in [-0.3, -0.25) is 9.68 Å². The largest absolute Gasteiger partial charge is 0.466 e. The monoisotopic (exact) mass is 260 g/mol. The van der Waals surface area contributed by atoms with E-state index in [1.807, 2.05) is 0 Å². The van der Waals surface area contributed by atoms with Gasteiger partial charge in [-0.05, 0) is 40.5 Å². The number of hydrogen-bond donors (Lipinski definition) is 0. The zero-order valence-corrected chi connectivity index (χ0v) is 11.8. The van der Waals surface area contributed by atoms with Crippen LogP contribution in [0, 0.1) is 0 Å². The van der Waals surface area contributed by atoms with Crippen LogP contribution in [0.1, 0.15) is 59.8 Å². The molecule has 18 heavy (non-hydrogen) atoms. The van der Waals surface area contributed by atoms with Crippen molar-refractivity contribution in [3.8, 4) is 0 Å². The molecule has 0 saturated carbocycles. The molecule has 0 N–H and O–H groups in total. The van der Waals surface area contributed by atoms with Crippen molar-refractivity contribution in [1.82, 2.24) is 0 Å². The highest BCUT2D eigenvalue weighted by molar-refractivity contribution is 5.69. The maximum atomic E-state index is 11.3. The molecule has 0 atom stereocenters. The molecule has 0 amide bonds. The summed E-state index contributed by atoms with van der Waals surface area (Å²) in [6.45, 7) is 7.61. The van der Waals surface area contributed by atoms with Gasteiger partial charge < -0.3 is 4.74 Å². The minimum atomic E-state index is -0.487. The van der Waals surface area contributed by atoms with Crippen LogP contribution in [0.5, 0.6) is 0 Å². The highest BCUT2D eigenvalue weighted by atomic mass is 17.2. The van der Waals surface area contributed by atoms with E-state index < -0.39 is 5.60 Å². The number of carbonyl (C=O) groups excluding carboxylic acids is 2. The van der Waals surface area contributed by atoms with Crippen molar-refractivity contribution in [3.05, 3.63) is 0 Å². The first-order valence-corrected chi connectivity index (χ1v) is 6.39. The van der Waals surface area contributed by atoms with E-state index in [2.05, 4.69) is 4.89 Å². The van der Waals surface area contributed by atoms with Gasteiger partial charge in [-0.1, -0.05) is 6.42 Å². The molecule has 106 valence electrons. The van der Waals surface area contributed by atoms with Gasteiger partial charge in [0.25, 0.3) is 0 Å². The zero-order chi connectivity index (χ0) is 14.0. The van der Waals surface area contributed by atoms with Crippen LogP contribution in [0.15, 0.2) is 0 Å². The summed E-state index contributed by atoms with van der Waals surface area (Å²) in [6, 6.07) is 0. The average molecular weight is 260 g/mol. The van der Waals surface area contributed by atoms with E-state index in [1.165, 1.54) is 0 Å². The van der Waals surface area contributed by atoms with E-state index in [1.54, 1.807) is 27.7 Å². The zero-order valence-electron chi connectivity index (χ0n) is 11.8. The number of carbonyl (C=O) groups is 2. The summed E-state index contributed by atoms with van der Waals surface area (Å²) in [6.07, 6.45) is 2.92. The standard InChI is InChI=1S/C13H24O5/c1-5-16-11(14)9-7-6-8-10-12(15)17-18-13(2,3)4/h5-10H2,1-4H3. The van der Waals surface area contributed by atoms with Crippen molar-refractivity contribution in [2.75, 3.05) is 6.61 Å². The molecule has 5 heteroatoms. The minimum Gasteiger partial charge on any atom is -0.466 e. The maximum Gasteiger partial charge on any atom is 0.342 e. The number of ether oxygens (including phenoxy) is 1. The van der Waals surface area contributed by atoms with Crippen molar-refractivity contribution in [2.45, 2.75) is 65.4 Å². The van der Waals surface area contributed by atoms with Gasteiger partial charge in [0, 0.05) is 12.8 Å². The smallest absolute Gasteiger partial charge is 0.342 e. The minimum absolute atomic E-state index is 0.184. The van der Waals surface area contributed by atoms with Crippen LogP contribution in [-0.2, 0) is 24.1 Å². The number of unbranched alkanes of at least 4 members (excludes halogenated alkanes) is 2. The summed E-state index contributed by atoms with van der Waals surface area (Å²) < 4.78 is 4.79. The molecule has 0 saturated heterocycles. The van der Waals surface area contributed by atoms with E-state index in [0.717, 1.165) is 12.8 Å². The predicted octanol–water partition coefficient (Wildman–Crippen LogP) is 2.77. The Labute approximate surface area is 109 Å². The molecule has 0 fully saturated rings. The van der Waals surface area contributed by atoms with Gasteiger partial charge >= 0.3 is 11.9 Å². The van der Waals surface area contributed by atoms with E-state index in [0.29, 0.717) is 25.9 Å². The molecular weight excluding hydrogens is 236 g/mol. The Kier molecular flexibility index (Phi) is 8.37. The molecule has 0 radical (unpaired) electrons. The van der Waals surface area contributed by atoms with Crippen LogP contribution in [-0.4, -0.2) is 24.1 Å². The SMILES string of the molecule is CCOC(=O)CCCCCC(=O)OOC(C)(C)C. The lowest BCUT2D eigenvalue weighted by Gasteiger charge is -2.16. The average Bonchev–Trinajstić information content (AvgIpc) is 2.25. The molecule has 0 aromatic rings. The fraction of sp³-hybridized carbons (Fsp3) is 0.846. The van der Waals surface area contributed by atoms with E-state index in [-0.39, 0.29) is 11.9 Å². The van der Waals surface area contributed by atoms with Crippen molar-refractivity contribution >= 4 is 11.9 Å². The maximum absolute atomic E-state index is 11.3. The third kappa shape index (κ3) is 11.4. The molecular formula is C13H24O5. The van der Waals surface area contributed by atoms with Crippen LogP contribution in [0.3, 0.4) is 0 Å². The van der Waals surface area contributed by atoms with E-state index >= 15 is 0 Å². The van der Waals surface area contributed by atoms with E-state index in [4.69, 9.17) is 9.62 Å². The van der Waals surface area contributed by atoms with Gasteiger partial charge in [-0.15, -0.1) is 0 Å². The van der Waals surface area contributed by atoms with Gasteiger partial charge in [0.2, 0.25) is 0 Å². The fourth-order valence-electron chi connectivity index (χ4n) is 1.16. The summed E-state index contributed by atoms with van der Waals surface area (Å²) >= 11 is 0. The first-order valence-electron chi connectivity index (χ1n) is 6.39. The first kappa shape index (κ1) is 16.9. The highest BCUT2D eigenvalue weighted by Crippen LogP contribution is 2.10. The van der Waals surface area contributed by atoms with Crippen LogP contribution >= 0.6 is 0 Å². The summed E-state index contributed by atoms with van der Waals surface area (Å²) in [5.74, 6) is -0.558. The van der Waals surface area contributed by atoms with Crippen molar-refractivity contribution < 1.29 is 24.1 Å². The lowest BCUT2D eigenvalue weighted by molar-refractivity contribution is -0.320. The van der Waals surface area contributed by atoms with Gasteiger partial charge in [0.1, 0.15) is 5.60 Å². The second-order valence-corrected chi connectivity index (χ2v) is 5.02.